The second-order valence-electron chi connectivity index (χ2n) is 3.16. The van der Waals surface area contributed by atoms with Crippen molar-refractivity contribution < 1.29 is 17.2 Å². The van der Waals surface area contributed by atoms with Gasteiger partial charge in [-0.3, -0.25) is 4.72 Å². The van der Waals surface area contributed by atoms with E-state index in [1.54, 1.807) is 0 Å². The summed E-state index contributed by atoms with van der Waals surface area (Å²) in [5, 5.41) is 6.78. The Bertz CT molecular complexity index is 673. The molecule has 0 bridgehead atoms. The minimum Gasteiger partial charge on any atom is -0.399 e. The third kappa shape index (κ3) is 2.38. The first kappa shape index (κ1) is 12.6. The molecule has 0 saturated carbocycles. The average Bonchev–Trinajstić information content (AvgIpc) is 2.75. The maximum atomic E-state index is 13.4. The highest BCUT2D eigenvalue weighted by atomic mass is 32.2. The van der Waals surface area contributed by atoms with Crippen molar-refractivity contribution in [2.75, 3.05) is 10.5 Å². The summed E-state index contributed by atoms with van der Waals surface area (Å²) < 4.78 is 52.0. The molecule has 2 aromatic rings. The molecule has 0 atom stereocenters. The fourth-order valence-electron chi connectivity index (χ4n) is 1.17. The summed E-state index contributed by atoms with van der Waals surface area (Å²) in [7, 11) is -4.30. The van der Waals surface area contributed by atoms with E-state index in [4.69, 9.17) is 5.73 Å². The topological polar surface area (TPSA) is 98.0 Å². The molecule has 0 radical (unpaired) electrons. The first-order chi connectivity index (χ1) is 8.40. The molecule has 3 N–H and O–H groups in total. The van der Waals surface area contributed by atoms with Gasteiger partial charge in [0.1, 0.15) is 10.4 Å². The first-order valence-electron chi connectivity index (χ1n) is 4.43. The van der Waals surface area contributed by atoms with Gasteiger partial charge in [-0.25, -0.2) is 17.2 Å². The minimum absolute atomic E-state index is 0.0581. The van der Waals surface area contributed by atoms with Crippen molar-refractivity contribution in [2.24, 2.45) is 0 Å². The van der Waals surface area contributed by atoms with Crippen molar-refractivity contribution in [3.8, 4) is 0 Å². The number of rotatable bonds is 3. The van der Waals surface area contributed by atoms with Crippen LogP contribution in [0.1, 0.15) is 0 Å². The molecule has 2 rings (SSSR count). The Kier molecular flexibility index (Phi) is 3.13. The van der Waals surface area contributed by atoms with Gasteiger partial charge < -0.3 is 5.73 Å². The second kappa shape index (κ2) is 4.46. The minimum atomic E-state index is -4.30. The average molecular weight is 292 g/mol. The van der Waals surface area contributed by atoms with Crippen LogP contribution in [0.25, 0.3) is 0 Å². The normalized spacial score (nSPS) is 11.4. The summed E-state index contributed by atoms with van der Waals surface area (Å²) >= 11 is 0.899. The Labute approximate surface area is 105 Å². The Morgan fingerprint density at radius 3 is 2.67 bits per heavy atom. The molecule has 18 heavy (non-hydrogen) atoms. The van der Waals surface area contributed by atoms with Crippen LogP contribution in [0.15, 0.2) is 22.5 Å². The molecular formula is C8H6F2N4O2S2. The van der Waals surface area contributed by atoms with Crippen LogP contribution in [0.5, 0.6) is 0 Å². The number of sulfonamides is 1. The molecule has 96 valence electrons. The van der Waals surface area contributed by atoms with Crippen LogP contribution >= 0.6 is 11.3 Å². The maximum absolute atomic E-state index is 13.4. The lowest BCUT2D eigenvalue weighted by molar-refractivity contribution is 0.486. The third-order valence-corrected chi connectivity index (χ3v) is 3.96. The molecule has 1 heterocycles. The van der Waals surface area contributed by atoms with E-state index < -0.39 is 26.6 Å². The van der Waals surface area contributed by atoms with E-state index >= 15 is 0 Å². The summed E-state index contributed by atoms with van der Waals surface area (Å²) in [6, 6.07) is 1.51. The van der Waals surface area contributed by atoms with E-state index in [0.717, 1.165) is 17.4 Å². The SMILES string of the molecule is Nc1cc(F)c(F)c(S(=O)(=O)Nc2nncs2)c1. The zero-order chi connectivity index (χ0) is 13.3. The highest BCUT2D eigenvalue weighted by molar-refractivity contribution is 7.93. The molecule has 1 aromatic heterocycles. The van der Waals surface area contributed by atoms with Crippen LogP contribution < -0.4 is 10.5 Å². The van der Waals surface area contributed by atoms with Gasteiger partial charge in [0.05, 0.1) is 0 Å². The predicted molar refractivity (Wildman–Crippen MR) is 61.5 cm³/mol. The quantitative estimate of drug-likeness (QED) is 0.828. The largest absolute Gasteiger partial charge is 0.399 e. The lowest BCUT2D eigenvalue weighted by Crippen LogP contribution is -2.15. The first-order valence-corrected chi connectivity index (χ1v) is 6.80. The number of halogens is 2. The molecule has 0 unspecified atom stereocenters. The maximum Gasteiger partial charge on any atom is 0.266 e. The summed E-state index contributed by atoms with van der Waals surface area (Å²) in [6.07, 6.45) is 0. The van der Waals surface area contributed by atoms with E-state index in [-0.39, 0.29) is 10.8 Å². The number of hydrogen-bond donors (Lipinski definition) is 2. The molecule has 1 aromatic carbocycles. The molecule has 0 aliphatic carbocycles. The fraction of sp³-hybridized carbons (Fsp3) is 0. The molecule has 6 nitrogen and oxygen atoms in total. The second-order valence-corrected chi connectivity index (χ2v) is 5.65. The van der Waals surface area contributed by atoms with Crippen LogP contribution in [-0.4, -0.2) is 18.6 Å². The predicted octanol–water partition coefficient (Wildman–Crippen LogP) is 1.20. The Balaban J connectivity index is 2.48. The standard InChI is InChI=1S/C8H6F2N4O2S2/c9-5-1-4(11)2-6(7(5)10)18(15,16)14-8-13-12-3-17-8/h1-3H,11H2,(H,13,14). The van der Waals surface area contributed by atoms with Crippen LogP contribution in [0.2, 0.25) is 0 Å². The van der Waals surface area contributed by atoms with Crippen molar-refractivity contribution in [3.05, 3.63) is 29.3 Å². The highest BCUT2D eigenvalue weighted by Gasteiger charge is 2.23. The number of aromatic nitrogens is 2. The van der Waals surface area contributed by atoms with Crippen molar-refractivity contribution >= 4 is 32.2 Å². The van der Waals surface area contributed by atoms with Gasteiger partial charge in [0.15, 0.2) is 11.6 Å². The Morgan fingerprint density at radius 2 is 2.06 bits per heavy atom. The number of nitrogen functional groups attached to an aromatic ring is 1. The summed E-state index contributed by atoms with van der Waals surface area (Å²) in [4.78, 5) is -0.879. The highest BCUT2D eigenvalue weighted by Crippen LogP contribution is 2.23. The van der Waals surface area contributed by atoms with E-state index in [2.05, 4.69) is 10.2 Å². The molecule has 0 saturated heterocycles. The Hall–Kier alpha value is -1.81. The van der Waals surface area contributed by atoms with Crippen LogP contribution in [0.3, 0.4) is 0 Å². The van der Waals surface area contributed by atoms with Crippen LogP contribution in [0, 0.1) is 11.6 Å². The van der Waals surface area contributed by atoms with E-state index in [9.17, 15) is 17.2 Å². The molecule has 10 heteroatoms. The fourth-order valence-corrected chi connectivity index (χ4v) is 2.98. The van der Waals surface area contributed by atoms with Crippen molar-refractivity contribution in [1.29, 1.82) is 0 Å². The molecular weight excluding hydrogens is 286 g/mol. The lowest BCUT2D eigenvalue weighted by Gasteiger charge is -2.07. The van der Waals surface area contributed by atoms with Crippen molar-refractivity contribution in [3.63, 3.8) is 0 Å². The van der Waals surface area contributed by atoms with Gasteiger partial charge >= 0.3 is 0 Å². The van der Waals surface area contributed by atoms with Crippen molar-refractivity contribution in [2.45, 2.75) is 4.90 Å². The summed E-state index contributed by atoms with van der Waals surface area (Å²) in [5.41, 5.74) is 6.36. The Morgan fingerprint density at radius 1 is 1.33 bits per heavy atom. The zero-order valence-corrected chi connectivity index (χ0v) is 10.2. The van der Waals surface area contributed by atoms with Gasteiger partial charge in [-0.05, 0) is 12.1 Å². The third-order valence-electron chi connectivity index (χ3n) is 1.89. The monoisotopic (exact) mass is 292 g/mol. The number of hydrogen-bond acceptors (Lipinski definition) is 6. The smallest absolute Gasteiger partial charge is 0.266 e. The van der Waals surface area contributed by atoms with E-state index in [1.165, 1.54) is 5.51 Å². The summed E-state index contributed by atoms with van der Waals surface area (Å²) in [6.45, 7) is 0. The van der Waals surface area contributed by atoms with Gasteiger partial charge in [0.25, 0.3) is 10.0 Å². The number of nitrogens with two attached hydrogens (primary N) is 1. The van der Waals surface area contributed by atoms with E-state index in [0.29, 0.717) is 6.07 Å². The van der Waals surface area contributed by atoms with Crippen molar-refractivity contribution in [1.82, 2.24) is 10.2 Å². The van der Waals surface area contributed by atoms with E-state index in [1.807, 2.05) is 4.72 Å². The van der Waals surface area contributed by atoms with Gasteiger partial charge in [-0.15, -0.1) is 10.2 Å². The molecule has 0 aliphatic rings. The van der Waals surface area contributed by atoms with Crippen LogP contribution in [0.4, 0.5) is 19.6 Å². The lowest BCUT2D eigenvalue weighted by atomic mass is 10.3. The van der Waals surface area contributed by atoms with Gasteiger partial charge in [0.2, 0.25) is 5.13 Å². The summed E-state index contributed by atoms with van der Waals surface area (Å²) in [5.74, 6) is -2.84. The number of benzene rings is 1. The van der Waals surface area contributed by atoms with Gasteiger partial charge in [-0.2, -0.15) is 0 Å². The molecule has 0 amide bonds. The molecule has 0 aliphatic heterocycles. The van der Waals surface area contributed by atoms with Gasteiger partial charge in [0, 0.05) is 5.69 Å². The van der Waals surface area contributed by atoms with Crippen LogP contribution in [-0.2, 0) is 10.0 Å². The number of nitrogens with zero attached hydrogens (tertiary/aromatic N) is 2. The number of anilines is 2. The molecule has 0 fully saturated rings. The number of nitrogens with one attached hydrogen (secondary N) is 1. The zero-order valence-electron chi connectivity index (χ0n) is 8.59. The van der Waals surface area contributed by atoms with Gasteiger partial charge in [-0.1, -0.05) is 11.3 Å². The molecule has 0 spiro atoms.